The Morgan fingerprint density at radius 1 is 0.600 bits per heavy atom. The molecule has 118 valence electrons. The molecule has 0 aromatic rings. The van der Waals surface area contributed by atoms with Crippen LogP contribution in [0.15, 0.2) is 0 Å². The SMILES string of the molecule is CCN1CCCN(CCCCN2CCCN(CC)C2)C1. The van der Waals surface area contributed by atoms with E-state index in [0.29, 0.717) is 0 Å². The third-order valence-electron chi connectivity index (χ3n) is 4.79. The Morgan fingerprint density at radius 3 is 1.40 bits per heavy atom. The van der Waals surface area contributed by atoms with Gasteiger partial charge in [0.1, 0.15) is 0 Å². The summed E-state index contributed by atoms with van der Waals surface area (Å²) in [5, 5.41) is 0. The summed E-state index contributed by atoms with van der Waals surface area (Å²) < 4.78 is 0. The Hall–Kier alpha value is -0.160. The molecule has 0 saturated carbocycles. The highest BCUT2D eigenvalue weighted by Gasteiger charge is 2.17. The van der Waals surface area contributed by atoms with E-state index in [0.717, 1.165) is 0 Å². The maximum Gasteiger partial charge on any atom is 0.0506 e. The van der Waals surface area contributed by atoms with Crippen molar-refractivity contribution >= 4 is 0 Å². The highest BCUT2D eigenvalue weighted by atomic mass is 15.3. The summed E-state index contributed by atoms with van der Waals surface area (Å²) in [7, 11) is 0. The fourth-order valence-corrected chi connectivity index (χ4v) is 3.44. The van der Waals surface area contributed by atoms with Crippen LogP contribution >= 0.6 is 0 Å². The molecule has 0 aliphatic carbocycles. The van der Waals surface area contributed by atoms with Crippen LogP contribution in [0, 0.1) is 0 Å². The standard InChI is InChI=1S/C16H34N4/c1-3-17-11-7-13-19(15-17)9-5-6-10-20-14-8-12-18(4-2)16-20/h3-16H2,1-2H3. The van der Waals surface area contributed by atoms with Crippen LogP contribution in [0.2, 0.25) is 0 Å². The molecule has 2 rings (SSSR count). The minimum absolute atomic E-state index is 1.20. The molecule has 0 unspecified atom stereocenters. The fraction of sp³-hybridized carbons (Fsp3) is 1.00. The molecule has 0 aromatic carbocycles. The average Bonchev–Trinajstić information content (AvgIpc) is 2.52. The number of hydrogen-bond donors (Lipinski definition) is 0. The maximum absolute atomic E-state index is 2.64. The van der Waals surface area contributed by atoms with Crippen molar-refractivity contribution in [2.45, 2.75) is 39.5 Å². The van der Waals surface area contributed by atoms with Gasteiger partial charge in [-0.1, -0.05) is 13.8 Å². The van der Waals surface area contributed by atoms with E-state index in [-0.39, 0.29) is 0 Å². The van der Waals surface area contributed by atoms with Crippen LogP contribution in [0.5, 0.6) is 0 Å². The van der Waals surface area contributed by atoms with Crippen LogP contribution in [0.1, 0.15) is 39.5 Å². The second-order valence-electron chi connectivity index (χ2n) is 6.35. The van der Waals surface area contributed by atoms with Crippen molar-refractivity contribution in [3.63, 3.8) is 0 Å². The number of unbranched alkanes of at least 4 members (excludes halogenated alkanes) is 1. The van der Waals surface area contributed by atoms with Crippen molar-refractivity contribution < 1.29 is 0 Å². The van der Waals surface area contributed by atoms with Gasteiger partial charge in [-0.15, -0.1) is 0 Å². The molecule has 0 radical (unpaired) electrons. The topological polar surface area (TPSA) is 13.0 Å². The molecular formula is C16H34N4. The molecule has 0 bridgehead atoms. The number of hydrogen-bond acceptors (Lipinski definition) is 4. The first-order valence-corrected chi connectivity index (χ1v) is 8.71. The van der Waals surface area contributed by atoms with Gasteiger partial charge in [-0.25, -0.2) is 0 Å². The lowest BCUT2D eigenvalue weighted by Gasteiger charge is -2.36. The smallest absolute Gasteiger partial charge is 0.0506 e. The lowest BCUT2D eigenvalue weighted by molar-refractivity contribution is 0.0779. The lowest BCUT2D eigenvalue weighted by Crippen LogP contribution is -2.46. The first-order chi connectivity index (χ1) is 9.81. The van der Waals surface area contributed by atoms with Crippen molar-refractivity contribution in [2.24, 2.45) is 0 Å². The van der Waals surface area contributed by atoms with Crippen LogP contribution in [0.4, 0.5) is 0 Å². The minimum Gasteiger partial charge on any atom is -0.291 e. The van der Waals surface area contributed by atoms with Gasteiger partial charge >= 0.3 is 0 Å². The van der Waals surface area contributed by atoms with E-state index in [1.807, 2.05) is 0 Å². The van der Waals surface area contributed by atoms with Gasteiger partial charge in [0, 0.05) is 26.2 Å². The highest BCUT2D eigenvalue weighted by Crippen LogP contribution is 2.09. The van der Waals surface area contributed by atoms with Gasteiger partial charge in [-0.05, 0) is 51.9 Å². The number of rotatable bonds is 7. The minimum atomic E-state index is 1.20. The van der Waals surface area contributed by atoms with E-state index < -0.39 is 0 Å². The van der Waals surface area contributed by atoms with Crippen molar-refractivity contribution in [3.05, 3.63) is 0 Å². The Balaban J connectivity index is 1.54. The second kappa shape index (κ2) is 8.98. The van der Waals surface area contributed by atoms with Gasteiger partial charge < -0.3 is 0 Å². The Morgan fingerprint density at radius 2 is 1.00 bits per heavy atom. The van der Waals surface area contributed by atoms with Crippen molar-refractivity contribution in [1.82, 2.24) is 19.6 Å². The first kappa shape index (κ1) is 16.2. The molecular weight excluding hydrogens is 248 g/mol. The number of nitrogens with zero attached hydrogens (tertiary/aromatic N) is 4. The van der Waals surface area contributed by atoms with Gasteiger partial charge in [0.2, 0.25) is 0 Å². The summed E-state index contributed by atoms with van der Waals surface area (Å²) in [6.45, 7) is 17.2. The monoisotopic (exact) mass is 282 g/mol. The van der Waals surface area contributed by atoms with Crippen LogP contribution in [-0.2, 0) is 0 Å². The molecule has 2 aliphatic rings. The van der Waals surface area contributed by atoms with Crippen LogP contribution in [0.25, 0.3) is 0 Å². The molecule has 4 nitrogen and oxygen atoms in total. The molecule has 20 heavy (non-hydrogen) atoms. The predicted molar refractivity (Wildman–Crippen MR) is 85.8 cm³/mol. The fourth-order valence-electron chi connectivity index (χ4n) is 3.44. The van der Waals surface area contributed by atoms with Gasteiger partial charge in [-0.3, -0.25) is 19.6 Å². The third-order valence-corrected chi connectivity index (χ3v) is 4.79. The second-order valence-corrected chi connectivity index (χ2v) is 6.35. The van der Waals surface area contributed by atoms with Gasteiger partial charge in [0.05, 0.1) is 13.3 Å². The summed E-state index contributed by atoms with van der Waals surface area (Å²) in [5.74, 6) is 0. The molecule has 4 heteroatoms. The zero-order valence-corrected chi connectivity index (χ0v) is 13.7. The summed E-state index contributed by atoms with van der Waals surface area (Å²) in [5.41, 5.74) is 0. The maximum atomic E-state index is 2.64. The van der Waals surface area contributed by atoms with Gasteiger partial charge in [0.15, 0.2) is 0 Å². The molecule has 0 N–H and O–H groups in total. The van der Waals surface area contributed by atoms with E-state index in [4.69, 9.17) is 0 Å². The van der Waals surface area contributed by atoms with Crippen molar-refractivity contribution in [3.8, 4) is 0 Å². The van der Waals surface area contributed by atoms with Crippen molar-refractivity contribution in [2.75, 3.05) is 65.7 Å². The average molecular weight is 282 g/mol. The molecule has 2 aliphatic heterocycles. The third kappa shape index (κ3) is 5.32. The Bertz CT molecular complexity index is 233. The van der Waals surface area contributed by atoms with E-state index >= 15 is 0 Å². The Labute approximate surface area is 125 Å². The summed E-state index contributed by atoms with van der Waals surface area (Å²) in [6, 6.07) is 0. The first-order valence-electron chi connectivity index (χ1n) is 8.71. The summed E-state index contributed by atoms with van der Waals surface area (Å²) >= 11 is 0. The van der Waals surface area contributed by atoms with E-state index in [1.54, 1.807) is 0 Å². The van der Waals surface area contributed by atoms with Crippen molar-refractivity contribution in [1.29, 1.82) is 0 Å². The highest BCUT2D eigenvalue weighted by molar-refractivity contribution is 4.70. The van der Waals surface area contributed by atoms with Gasteiger partial charge in [-0.2, -0.15) is 0 Å². The summed E-state index contributed by atoms with van der Waals surface area (Å²) in [4.78, 5) is 10.4. The molecule has 2 saturated heterocycles. The van der Waals surface area contributed by atoms with E-state index in [9.17, 15) is 0 Å². The largest absolute Gasteiger partial charge is 0.291 e. The zero-order chi connectivity index (χ0) is 14.2. The molecule has 0 spiro atoms. The molecule has 0 aromatic heterocycles. The zero-order valence-electron chi connectivity index (χ0n) is 13.7. The van der Waals surface area contributed by atoms with E-state index in [1.165, 1.54) is 91.4 Å². The lowest BCUT2D eigenvalue weighted by atomic mass is 10.2. The Kier molecular flexibility index (Phi) is 7.28. The molecule has 0 amide bonds. The molecule has 2 heterocycles. The van der Waals surface area contributed by atoms with E-state index in [2.05, 4.69) is 33.4 Å². The van der Waals surface area contributed by atoms with Crippen LogP contribution in [0.3, 0.4) is 0 Å². The summed E-state index contributed by atoms with van der Waals surface area (Å²) in [6.07, 6.45) is 5.43. The quantitative estimate of drug-likeness (QED) is 0.659. The van der Waals surface area contributed by atoms with Crippen LogP contribution in [-0.4, -0.2) is 85.3 Å². The molecule has 0 atom stereocenters. The predicted octanol–water partition coefficient (Wildman–Crippen LogP) is 1.74. The molecule has 2 fully saturated rings. The normalized spacial score (nSPS) is 24.3. The van der Waals surface area contributed by atoms with Crippen LogP contribution < -0.4 is 0 Å². The van der Waals surface area contributed by atoms with Gasteiger partial charge in [0.25, 0.3) is 0 Å².